The number of carbonyl (C=O) groups excluding carboxylic acids is 1. The molecule has 0 bridgehead atoms. The maximum absolute atomic E-state index is 12.4. The van der Waals surface area contributed by atoms with Gasteiger partial charge in [-0.2, -0.15) is 0 Å². The third kappa shape index (κ3) is 4.55. The number of aromatic nitrogens is 2. The van der Waals surface area contributed by atoms with E-state index in [0.29, 0.717) is 22.9 Å². The van der Waals surface area contributed by atoms with Crippen LogP contribution in [0.25, 0.3) is 0 Å². The van der Waals surface area contributed by atoms with Crippen LogP contribution in [-0.4, -0.2) is 15.9 Å². The zero-order valence-electron chi connectivity index (χ0n) is 13.7. The van der Waals surface area contributed by atoms with Gasteiger partial charge >= 0.3 is 0 Å². The van der Waals surface area contributed by atoms with Crippen molar-refractivity contribution in [2.24, 2.45) is 0 Å². The Morgan fingerprint density at radius 2 is 2.04 bits per heavy atom. The predicted molar refractivity (Wildman–Crippen MR) is 99.9 cm³/mol. The van der Waals surface area contributed by atoms with E-state index in [0.717, 1.165) is 16.8 Å². The molecule has 2 aromatic heterocycles. The van der Waals surface area contributed by atoms with Crippen LogP contribution >= 0.6 is 11.6 Å². The number of pyridine rings is 2. The quantitative estimate of drug-likeness (QED) is 0.718. The lowest BCUT2D eigenvalue weighted by atomic mass is 10.2. The summed E-state index contributed by atoms with van der Waals surface area (Å²) in [5, 5.41) is 6.67. The van der Waals surface area contributed by atoms with Crippen molar-refractivity contribution in [2.75, 3.05) is 10.6 Å². The molecule has 0 saturated carbocycles. The molecule has 1 amide bonds. The molecule has 126 valence electrons. The van der Waals surface area contributed by atoms with Crippen LogP contribution in [0.5, 0.6) is 0 Å². The van der Waals surface area contributed by atoms with E-state index < -0.39 is 0 Å². The van der Waals surface area contributed by atoms with E-state index in [1.54, 1.807) is 36.8 Å². The molecule has 0 atom stereocenters. The number of anilines is 2. The Morgan fingerprint density at radius 3 is 2.84 bits per heavy atom. The van der Waals surface area contributed by atoms with E-state index in [1.807, 2.05) is 31.2 Å². The molecule has 0 aliphatic rings. The summed E-state index contributed by atoms with van der Waals surface area (Å²) in [6, 6.07) is 12.8. The van der Waals surface area contributed by atoms with Gasteiger partial charge in [0.2, 0.25) is 0 Å². The average Bonchev–Trinajstić information content (AvgIpc) is 2.64. The number of nitrogens with zero attached hydrogens (tertiary/aromatic N) is 2. The van der Waals surface area contributed by atoms with Gasteiger partial charge in [0.05, 0.1) is 0 Å². The smallest absolute Gasteiger partial charge is 0.274 e. The fraction of sp³-hybridized carbons (Fsp3) is 0.105. The monoisotopic (exact) mass is 352 g/mol. The second-order valence-corrected chi connectivity index (χ2v) is 5.99. The first-order valence-electron chi connectivity index (χ1n) is 7.78. The van der Waals surface area contributed by atoms with Crippen LogP contribution in [-0.2, 0) is 6.54 Å². The Morgan fingerprint density at radius 1 is 1.16 bits per heavy atom. The average molecular weight is 353 g/mol. The summed E-state index contributed by atoms with van der Waals surface area (Å²) in [5.41, 5.74) is 3.80. The molecule has 2 N–H and O–H groups in total. The minimum Gasteiger partial charge on any atom is -0.381 e. The van der Waals surface area contributed by atoms with E-state index >= 15 is 0 Å². The molecule has 0 unspecified atom stereocenters. The zero-order chi connectivity index (χ0) is 17.6. The Bertz CT molecular complexity index is 884. The molecule has 0 aliphatic heterocycles. The number of halogens is 1. The summed E-state index contributed by atoms with van der Waals surface area (Å²) in [4.78, 5) is 20.7. The molecule has 25 heavy (non-hydrogen) atoms. The van der Waals surface area contributed by atoms with Crippen LogP contribution in [0.3, 0.4) is 0 Å². The first kappa shape index (κ1) is 16.9. The van der Waals surface area contributed by atoms with Gasteiger partial charge in [0.15, 0.2) is 0 Å². The lowest BCUT2D eigenvalue weighted by molar-refractivity contribution is 0.102. The van der Waals surface area contributed by atoms with Crippen molar-refractivity contribution in [3.63, 3.8) is 0 Å². The number of nitrogens with one attached hydrogen (secondary N) is 2. The Kier molecular flexibility index (Phi) is 5.26. The molecule has 3 rings (SSSR count). The van der Waals surface area contributed by atoms with Gasteiger partial charge in [-0.05, 0) is 48.4 Å². The highest BCUT2D eigenvalue weighted by molar-refractivity contribution is 6.31. The van der Waals surface area contributed by atoms with Crippen molar-refractivity contribution in [3.05, 3.63) is 82.9 Å². The van der Waals surface area contributed by atoms with E-state index in [1.165, 1.54) is 0 Å². The van der Waals surface area contributed by atoms with Gasteiger partial charge in [-0.25, -0.2) is 0 Å². The lowest BCUT2D eigenvalue weighted by Gasteiger charge is -2.10. The Labute approximate surface area is 151 Å². The predicted octanol–water partition coefficient (Wildman–Crippen LogP) is 4.30. The molecule has 0 fully saturated rings. The fourth-order valence-corrected chi connectivity index (χ4v) is 2.46. The second kappa shape index (κ2) is 7.77. The lowest BCUT2D eigenvalue weighted by Crippen LogP contribution is -2.14. The number of hydrogen-bond acceptors (Lipinski definition) is 4. The van der Waals surface area contributed by atoms with Crippen molar-refractivity contribution in [1.82, 2.24) is 9.97 Å². The van der Waals surface area contributed by atoms with Gasteiger partial charge in [0, 0.05) is 41.5 Å². The van der Waals surface area contributed by atoms with Gasteiger partial charge in [0.1, 0.15) is 5.69 Å². The van der Waals surface area contributed by atoms with Crippen molar-refractivity contribution in [2.45, 2.75) is 13.5 Å². The highest BCUT2D eigenvalue weighted by Gasteiger charge is 2.10. The van der Waals surface area contributed by atoms with Crippen LogP contribution in [0.4, 0.5) is 11.4 Å². The number of carbonyl (C=O) groups is 1. The van der Waals surface area contributed by atoms with Crippen molar-refractivity contribution in [1.29, 1.82) is 0 Å². The summed E-state index contributed by atoms with van der Waals surface area (Å²) in [7, 11) is 0. The zero-order valence-corrected chi connectivity index (χ0v) is 14.4. The summed E-state index contributed by atoms with van der Waals surface area (Å²) < 4.78 is 0. The van der Waals surface area contributed by atoms with Crippen LogP contribution in [0.2, 0.25) is 5.02 Å². The van der Waals surface area contributed by atoms with Crippen LogP contribution in [0.1, 0.15) is 21.6 Å². The Hall–Kier alpha value is -2.92. The molecule has 1 aromatic carbocycles. The highest BCUT2D eigenvalue weighted by atomic mass is 35.5. The standard InChI is InChI=1S/C19H17ClN4O/c1-13-4-5-15(20)9-17(13)24-19(25)18-10-16(6-8-22-18)23-12-14-3-2-7-21-11-14/h2-11H,12H2,1H3,(H,22,23)(H,24,25). The van der Waals surface area contributed by atoms with Crippen molar-refractivity contribution in [3.8, 4) is 0 Å². The molecule has 0 aliphatic carbocycles. The van der Waals surface area contributed by atoms with Crippen LogP contribution < -0.4 is 10.6 Å². The SMILES string of the molecule is Cc1ccc(Cl)cc1NC(=O)c1cc(NCc2cccnc2)ccn1. The molecule has 2 heterocycles. The minimum absolute atomic E-state index is 0.282. The highest BCUT2D eigenvalue weighted by Crippen LogP contribution is 2.21. The Balaban J connectivity index is 1.70. The van der Waals surface area contributed by atoms with E-state index in [-0.39, 0.29) is 5.91 Å². The van der Waals surface area contributed by atoms with Crippen LogP contribution in [0.15, 0.2) is 61.1 Å². The maximum atomic E-state index is 12.4. The van der Waals surface area contributed by atoms with Gasteiger partial charge in [-0.15, -0.1) is 0 Å². The van der Waals surface area contributed by atoms with Gasteiger partial charge in [0.25, 0.3) is 5.91 Å². The molecule has 6 heteroatoms. The molecule has 0 radical (unpaired) electrons. The summed E-state index contributed by atoms with van der Waals surface area (Å²) in [5.74, 6) is -0.282. The summed E-state index contributed by atoms with van der Waals surface area (Å²) in [6.45, 7) is 2.53. The third-order valence-corrected chi connectivity index (χ3v) is 3.89. The maximum Gasteiger partial charge on any atom is 0.274 e. The van der Waals surface area contributed by atoms with Gasteiger partial charge < -0.3 is 10.6 Å². The number of amides is 1. The molecular formula is C19H17ClN4O. The number of hydrogen-bond donors (Lipinski definition) is 2. The molecule has 0 saturated heterocycles. The second-order valence-electron chi connectivity index (χ2n) is 5.56. The summed E-state index contributed by atoms with van der Waals surface area (Å²) >= 11 is 5.99. The molecule has 3 aromatic rings. The summed E-state index contributed by atoms with van der Waals surface area (Å²) in [6.07, 6.45) is 5.13. The van der Waals surface area contributed by atoms with Gasteiger partial charge in [-0.3, -0.25) is 14.8 Å². The topological polar surface area (TPSA) is 66.9 Å². The van der Waals surface area contributed by atoms with Crippen molar-refractivity contribution >= 4 is 28.9 Å². The van der Waals surface area contributed by atoms with Crippen molar-refractivity contribution < 1.29 is 4.79 Å². The first-order valence-corrected chi connectivity index (χ1v) is 8.16. The number of aryl methyl sites for hydroxylation is 1. The fourth-order valence-electron chi connectivity index (χ4n) is 2.29. The van der Waals surface area contributed by atoms with E-state index in [4.69, 9.17) is 11.6 Å². The largest absolute Gasteiger partial charge is 0.381 e. The minimum atomic E-state index is -0.282. The van der Waals surface area contributed by atoms with E-state index in [2.05, 4.69) is 20.6 Å². The first-order chi connectivity index (χ1) is 12.1. The molecular weight excluding hydrogens is 336 g/mol. The number of rotatable bonds is 5. The molecule has 5 nitrogen and oxygen atoms in total. The third-order valence-electron chi connectivity index (χ3n) is 3.66. The number of benzene rings is 1. The van der Waals surface area contributed by atoms with E-state index in [9.17, 15) is 4.79 Å². The molecule has 0 spiro atoms. The normalized spacial score (nSPS) is 10.3. The van der Waals surface area contributed by atoms with Crippen LogP contribution in [0, 0.1) is 6.92 Å². The van der Waals surface area contributed by atoms with Gasteiger partial charge in [-0.1, -0.05) is 23.7 Å².